The number of hydrogen-bond acceptors (Lipinski definition) is 3. The fourth-order valence-electron chi connectivity index (χ4n) is 3.46. The van der Waals surface area contributed by atoms with E-state index in [1.54, 1.807) is 12.1 Å². The van der Waals surface area contributed by atoms with Crippen LogP contribution in [0.25, 0.3) is 11.1 Å². The lowest BCUT2D eigenvalue weighted by Crippen LogP contribution is -2.31. The molecule has 3 aromatic carbocycles. The zero-order valence-corrected chi connectivity index (χ0v) is 15.4. The molecule has 0 saturated heterocycles. The second-order valence-electron chi connectivity index (χ2n) is 6.20. The van der Waals surface area contributed by atoms with Crippen molar-refractivity contribution in [1.29, 1.82) is 0 Å². The minimum atomic E-state index is -1.37. The summed E-state index contributed by atoms with van der Waals surface area (Å²) in [7, 11) is 1.53. The lowest BCUT2D eigenvalue weighted by Gasteiger charge is -2.30. The summed E-state index contributed by atoms with van der Waals surface area (Å²) in [6, 6.07) is 26.3. The smallest absolute Gasteiger partial charge is 0.342 e. The highest BCUT2D eigenvalue weighted by atomic mass is 35.5. The fraction of sp³-hybridized carbons (Fsp3) is 0.0870. The minimum absolute atomic E-state index is 0.429. The van der Waals surface area contributed by atoms with E-state index in [4.69, 9.17) is 21.1 Å². The number of rotatable bonds is 4. The van der Waals surface area contributed by atoms with Gasteiger partial charge in [0, 0.05) is 17.7 Å². The maximum absolute atomic E-state index is 13.0. The first-order valence-corrected chi connectivity index (χ1v) is 8.93. The normalized spacial score (nSPS) is 19.3. The van der Waals surface area contributed by atoms with Crippen LogP contribution in [0.5, 0.6) is 0 Å². The summed E-state index contributed by atoms with van der Waals surface area (Å²) in [5.74, 6) is -1.80. The molecule has 134 valence electrons. The summed E-state index contributed by atoms with van der Waals surface area (Å²) in [5, 5.41) is 0.542. The van der Waals surface area contributed by atoms with Crippen molar-refractivity contribution in [2.24, 2.45) is 0 Å². The molecule has 0 fully saturated rings. The number of halogens is 1. The van der Waals surface area contributed by atoms with Crippen molar-refractivity contribution in [2.45, 2.75) is 5.79 Å². The van der Waals surface area contributed by atoms with Crippen molar-refractivity contribution < 1.29 is 14.3 Å². The summed E-state index contributed by atoms with van der Waals surface area (Å²) >= 11 is 6.21. The van der Waals surface area contributed by atoms with Crippen molar-refractivity contribution >= 4 is 28.7 Å². The van der Waals surface area contributed by atoms with E-state index < -0.39 is 11.8 Å². The summed E-state index contributed by atoms with van der Waals surface area (Å²) in [6.45, 7) is 0. The molecule has 0 bridgehead atoms. The van der Waals surface area contributed by atoms with E-state index in [0.29, 0.717) is 21.7 Å². The number of esters is 1. The first-order chi connectivity index (χ1) is 13.2. The van der Waals surface area contributed by atoms with Gasteiger partial charge in [-0.2, -0.15) is 0 Å². The molecule has 1 aliphatic heterocycles. The third-order valence-corrected chi connectivity index (χ3v) is 4.87. The fourth-order valence-corrected chi connectivity index (χ4v) is 3.65. The Hall–Kier alpha value is -2.88. The number of methoxy groups -OCH3 is 1. The molecule has 0 spiro atoms. The Morgan fingerprint density at radius 2 is 1.48 bits per heavy atom. The number of carbonyl (C=O) groups is 1. The molecule has 0 aromatic heterocycles. The van der Waals surface area contributed by atoms with E-state index >= 15 is 0 Å². The molecule has 1 aliphatic rings. The Morgan fingerprint density at radius 1 is 0.852 bits per heavy atom. The van der Waals surface area contributed by atoms with Crippen LogP contribution in [-0.4, -0.2) is 13.1 Å². The maximum Gasteiger partial charge on any atom is 0.342 e. The molecule has 3 nitrogen and oxygen atoms in total. The molecule has 0 N–H and O–H groups in total. The SMILES string of the molecule is COC1(c2cccc(Cl)c2)OC(=O)C(c2ccccc2)=C1c1ccccc1. The molecule has 0 radical (unpaired) electrons. The van der Waals surface area contributed by atoms with Crippen LogP contribution in [0, 0.1) is 0 Å². The van der Waals surface area contributed by atoms with Crippen LogP contribution in [0.1, 0.15) is 16.7 Å². The lowest BCUT2D eigenvalue weighted by atomic mass is 9.87. The van der Waals surface area contributed by atoms with Crippen LogP contribution in [0.2, 0.25) is 5.02 Å². The van der Waals surface area contributed by atoms with E-state index in [1.165, 1.54) is 7.11 Å². The molecule has 4 rings (SSSR count). The van der Waals surface area contributed by atoms with Crippen LogP contribution in [-0.2, 0) is 20.1 Å². The van der Waals surface area contributed by atoms with Crippen molar-refractivity contribution in [3.8, 4) is 0 Å². The highest BCUT2D eigenvalue weighted by Gasteiger charge is 2.50. The zero-order valence-electron chi connectivity index (χ0n) is 14.7. The highest BCUT2D eigenvalue weighted by molar-refractivity contribution is 6.31. The molecule has 0 saturated carbocycles. The van der Waals surface area contributed by atoms with Crippen LogP contribution in [0.3, 0.4) is 0 Å². The van der Waals surface area contributed by atoms with Gasteiger partial charge in [0.05, 0.1) is 11.1 Å². The van der Waals surface area contributed by atoms with Gasteiger partial charge in [0.15, 0.2) is 0 Å². The minimum Gasteiger partial charge on any atom is -0.420 e. The van der Waals surface area contributed by atoms with E-state index in [1.807, 2.05) is 72.8 Å². The third-order valence-electron chi connectivity index (χ3n) is 4.64. The number of hydrogen-bond donors (Lipinski definition) is 0. The molecule has 0 amide bonds. The first kappa shape index (κ1) is 17.5. The average Bonchev–Trinajstić information content (AvgIpc) is 3.03. The lowest BCUT2D eigenvalue weighted by molar-refractivity contribution is -0.188. The maximum atomic E-state index is 13.0. The Morgan fingerprint density at radius 3 is 2.07 bits per heavy atom. The molecule has 3 aromatic rings. The molecule has 27 heavy (non-hydrogen) atoms. The van der Waals surface area contributed by atoms with Gasteiger partial charge in [0.25, 0.3) is 5.79 Å². The molecular weight excluding hydrogens is 360 g/mol. The number of benzene rings is 3. The summed E-state index contributed by atoms with van der Waals surface area (Å²) in [6.07, 6.45) is 0. The molecule has 1 atom stereocenters. The van der Waals surface area contributed by atoms with Crippen LogP contribution in [0.4, 0.5) is 0 Å². The number of ether oxygens (including phenoxy) is 2. The first-order valence-electron chi connectivity index (χ1n) is 8.56. The summed E-state index contributed by atoms with van der Waals surface area (Å²) in [4.78, 5) is 13.0. The molecule has 0 aliphatic carbocycles. The van der Waals surface area contributed by atoms with Gasteiger partial charge >= 0.3 is 5.97 Å². The van der Waals surface area contributed by atoms with Crippen molar-refractivity contribution in [3.63, 3.8) is 0 Å². The summed E-state index contributed by atoms with van der Waals surface area (Å²) < 4.78 is 11.7. The van der Waals surface area contributed by atoms with Crippen LogP contribution >= 0.6 is 11.6 Å². The van der Waals surface area contributed by atoms with Gasteiger partial charge in [-0.25, -0.2) is 4.79 Å². The topological polar surface area (TPSA) is 35.5 Å². The molecule has 1 heterocycles. The molecule has 1 unspecified atom stereocenters. The zero-order chi connectivity index (χ0) is 18.9. The second kappa shape index (κ2) is 7.03. The molecule has 4 heteroatoms. The predicted molar refractivity (Wildman–Crippen MR) is 106 cm³/mol. The second-order valence-corrected chi connectivity index (χ2v) is 6.64. The Bertz CT molecular complexity index is 1010. The number of carbonyl (C=O) groups excluding carboxylic acids is 1. The number of cyclic esters (lactones) is 1. The van der Waals surface area contributed by atoms with E-state index in [9.17, 15) is 4.79 Å². The van der Waals surface area contributed by atoms with Crippen molar-refractivity contribution in [1.82, 2.24) is 0 Å². The van der Waals surface area contributed by atoms with Gasteiger partial charge in [-0.1, -0.05) is 84.4 Å². The average molecular weight is 377 g/mol. The Kier molecular flexibility index (Phi) is 4.56. The van der Waals surface area contributed by atoms with E-state index in [0.717, 1.165) is 11.1 Å². The predicted octanol–water partition coefficient (Wildman–Crippen LogP) is 5.31. The van der Waals surface area contributed by atoms with E-state index in [-0.39, 0.29) is 0 Å². The van der Waals surface area contributed by atoms with E-state index in [2.05, 4.69) is 0 Å². The quantitative estimate of drug-likeness (QED) is 0.579. The van der Waals surface area contributed by atoms with Gasteiger partial charge in [-0.05, 0) is 23.3 Å². The van der Waals surface area contributed by atoms with Gasteiger partial charge in [-0.15, -0.1) is 0 Å². The van der Waals surface area contributed by atoms with Crippen LogP contribution in [0.15, 0.2) is 84.9 Å². The largest absolute Gasteiger partial charge is 0.420 e. The van der Waals surface area contributed by atoms with Crippen molar-refractivity contribution in [2.75, 3.05) is 7.11 Å². The standard InChI is InChI=1S/C23H17ClO3/c1-26-23(18-13-8-14-19(24)15-18)21(17-11-6-3-7-12-17)20(22(25)27-23)16-9-4-2-5-10-16/h2-15H,1H3. The third kappa shape index (κ3) is 2.95. The van der Waals surface area contributed by atoms with Gasteiger partial charge in [0.2, 0.25) is 0 Å². The van der Waals surface area contributed by atoms with Crippen LogP contribution < -0.4 is 0 Å². The summed E-state index contributed by atoms with van der Waals surface area (Å²) in [5.41, 5.74) is 3.45. The monoisotopic (exact) mass is 376 g/mol. The van der Waals surface area contributed by atoms with Gasteiger partial charge < -0.3 is 9.47 Å². The highest BCUT2D eigenvalue weighted by Crippen LogP contribution is 2.50. The van der Waals surface area contributed by atoms with Gasteiger partial charge in [-0.3, -0.25) is 0 Å². The Balaban J connectivity index is 2.05. The molecular formula is C23H17ClO3. The van der Waals surface area contributed by atoms with Gasteiger partial charge in [0.1, 0.15) is 0 Å². The Labute approximate surface area is 162 Å². The van der Waals surface area contributed by atoms with Crippen molar-refractivity contribution in [3.05, 3.63) is 107 Å².